The van der Waals surface area contributed by atoms with E-state index >= 15 is 0 Å². The molecule has 112 valence electrons. The van der Waals surface area contributed by atoms with Crippen molar-refractivity contribution in [2.45, 2.75) is 46.5 Å². The van der Waals surface area contributed by atoms with E-state index in [2.05, 4.69) is 45.9 Å². The van der Waals surface area contributed by atoms with Gasteiger partial charge in [-0.2, -0.15) is 15.0 Å². The largest absolute Gasteiger partial charge is 0.354 e. The summed E-state index contributed by atoms with van der Waals surface area (Å²) in [6.45, 7) is 9.44. The molecule has 1 aromatic rings. The van der Waals surface area contributed by atoms with Gasteiger partial charge in [-0.05, 0) is 42.7 Å². The van der Waals surface area contributed by atoms with E-state index in [4.69, 9.17) is 11.6 Å². The van der Waals surface area contributed by atoms with Gasteiger partial charge in [0.1, 0.15) is 0 Å². The predicted molar refractivity (Wildman–Crippen MR) is 83.5 cm³/mol. The quantitative estimate of drug-likeness (QED) is 0.903. The Kier molecular flexibility index (Phi) is 5.02. The van der Waals surface area contributed by atoms with Crippen molar-refractivity contribution in [1.29, 1.82) is 0 Å². The van der Waals surface area contributed by atoms with Gasteiger partial charge < -0.3 is 10.2 Å². The minimum Gasteiger partial charge on any atom is -0.354 e. The highest BCUT2D eigenvalue weighted by atomic mass is 35.5. The van der Waals surface area contributed by atoms with Gasteiger partial charge in [-0.25, -0.2) is 0 Å². The van der Waals surface area contributed by atoms with E-state index in [1.165, 1.54) is 19.3 Å². The van der Waals surface area contributed by atoms with Crippen molar-refractivity contribution >= 4 is 23.5 Å². The Hall–Kier alpha value is -1.10. The zero-order chi connectivity index (χ0) is 14.6. The fraction of sp³-hybridized carbons (Fsp3) is 0.786. The van der Waals surface area contributed by atoms with Gasteiger partial charge in [0, 0.05) is 19.6 Å². The van der Waals surface area contributed by atoms with Gasteiger partial charge in [0.15, 0.2) is 0 Å². The van der Waals surface area contributed by atoms with E-state index in [1.54, 1.807) is 0 Å². The van der Waals surface area contributed by atoms with Crippen molar-refractivity contribution in [2.75, 3.05) is 29.9 Å². The lowest BCUT2D eigenvalue weighted by molar-refractivity contribution is 0.376. The van der Waals surface area contributed by atoms with Gasteiger partial charge in [0.25, 0.3) is 0 Å². The fourth-order valence-electron chi connectivity index (χ4n) is 2.10. The highest BCUT2D eigenvalue weighted by Crippen LogP contribution is 2.21. The number of nitrogens with zero attached hydrogens (tertiary/aromatic N) is 4. The molecule has 0 saturated carbocycles. The fourth-order valence-corrected chi connectivity index (χ4v) is 2.25. The minimum atomic E-state index is 0.213. The Bertz CT molecular complexity index is 443. The predicted octanol–water partition coefficient (Wildman–Crippen LogP) is 3.36. The molecule has 2 rings (SSSR count). The topological polar surface area (TPSA) is 53.9 Å². The minimum absolute atomic E-state index is 0.213. The summed E-state index contributed by atoms with van der Waals surface area (Å²) in [6, 6.07) is 0. The molecule has 20 heavy (non-hydrogen) atoms. The maximum atomic E-state index is 6.02. The van der Waals surface area contributed by atoms with Gasteiger partial charge in [0.2, 0.25) is 17.2 Å². The molecule has 0 spiro atoms. The molecule has 0 aromatic carbocycles. The lowest BCUT2D eigenvalue weighted by Gasteiger charge is -2.27. The molecule has 1 N–H and O–H groups in total. The number of halogens is 1. The van der Waals surface area contributed by atoms with Gasteiger partial charge in [-0.1, -0.05) is 20.8 Å². The summed E-state index contributed by atoms with van der Waals surface area (Å²) in [5.41, 5.74) is 0.213. The normalized spacial score (nSPS) is 16.3. The Labute approximate surface area is 126 Å². The van der Waals surface area contributed by atoms with E-state index in [1.807, 2.05) is 0 Å². The molecule has 0 amide bonds. The van der Waals surface area contributed by atoms with E-state index in [0.717, 1.165) is 26.1 Å². The molecule has 0 radical (unpaired) electrons. The van der Waals surface area contributed by atoms with Crippen LogP contribution in [0.15, 0.2) is 0 Å². The Morgan fingerprint density at radius 1 is 1.15 bits per heavy atom. The highest BCUT2D eigenvalue weighted by molar-refractivity contribution is 6.28. The third-order valence-electron chi connectivity index (χ3n) is 3.92. The molecule has 5 nitrogen and oxygen atoms in total. The molecule has 1 aliphatic heterocycles. The van der Waals surface area contributed by atoms with Crippen molar-refractivity contribution in [3.63, 3.8) is 0 Å². The Morgan fingerprint density at radius 3 is 2.50 bits per heavy atom. The summed E-state index contributed by atoms with van der Waals surface area (Å²) >= 11 is 6.02. The van der Waals surface area contributed by atoms with Crippen molar-refractivity contribution in [3.05, 3.63) is 5.28 Å². The third-order valence-corrected chi connectivity index (χ3v) is 4.09. The van der Waals surface area contributed by atoms with Crippen LogP contribution in [0, 0.1) is 5.41 Å². The first-order valence-corrected chi connectivity index (χ1v) is 7.78. The molecule has 6 heteroatoms. The van der Waals surface area contributed by atoms with Crippen LogP contribution in [0.3, 0.4) is 0 Å². The van der Waals surface area contributed by atoms with E-state index in [0.29, 0.717) is 11.9 Å². The van der Waals surface area contributed by atoms with Gasteiger partial charge in [-0.15, -0.1) is 0 Å². The second-order valence-electron chi connectivity index (χ2n) is 6.15. The van der Waals surface area contributed by atoms with Gasteiger partial charge >= 0.3 is 0 Å². The van der Waals surface area contributed by atoms with E-state index < -0.39 is 0 Å². The van der Waals surface area contributed by atoms with Gasteiger partial charge in [-0.3, -0.25) is 0 Å². The second-order valence-corrected chi connectivity index (χ2v) is 6.49. The number of piperidine rings is 1. The third kappa shape index (κ3) is 4.20. The summed E-state index contributed by atoms with van der Waals surface area (Å²) in [5.74, 6) is 1.27. The molecule has 1 aromatic heterocycles. The van der Waals surface area contributed by atoms with Crippen LogP contribution in [0.1, 0.15) is 46.5 Å². The molecule has 0 atom stereocenters. The van der Waals surface area contributed by atoms with Crippen LogP contribution in [0.4, 0.5) is 11.9 Å². The zero-order valence-electron chi connectivity index (χ0n) is 12.6. The number of hydrogen-bond donors (Lipinski definition) is 1. The Balaban J connectivity index is 2.08. The number of nitrogens with one attached hydrogen (secondary N) is 1. The average molecular weight is 298 g/mol. The molecule has 1 aliphatic rings. The smallest absolute Gasteiger partial charge is 0.231 e. The first-order valence-electron chi connectivity index (χ1n) is 7.40. The van der Waals surface area contributed by atoms with Crippen molar-refractivity contribution in [3.8, 4) is 0 Å². The number of hydrogen-bond acceptors (Lipinski definition) is 5. The first kappa shape index (κ1) is 15.3. The maximum Gasteiger partial charge on any atom is 0.231 e. The molecule has 1 saturated heterocycles. The maximum absolute atomic E-state index is 6.02. The molecular formula is C14H24ClN5. The van der Waals surface area contributed by atoms with Crippen LogP contribution >= 0.6 is 11.6 Å². The summed E-state index contributed by atoms with van der Waals surface area (Å²) in [7, 11) is 0. The summed E-state index contributed by atoms with van der Waals surface area (Å²) < 4.78 is 0. The zero-order valence-corrected chi connectivity index (χ0v) is 13.4. The lowest BCUT2D eigenvalue weighted by atomic mass is 9.90. The highest BCUT2D eigenvalue weighted by Gasteiger charge is 2.18. The number of anilines is 2. The summed E-state index contributed by atoms with van der Waals surface area (Å²) in [5, 5.41) is 3.54. The van der Waals surface area contributed by atoms with E-state index in [-0.39, 0.29) is 10.7 Å². The van der Waals surface area contributed by atoms with Crippen LogP contribution in [0.2, 0.25) is 5.28 Å². The van der Waals surface area contributed by atoms with Crippen LogP contribution in [0.25, 0.3) is 0 Å². The molecule has 1 fully saturated rings. The average Bonchev–Trinajstić information content (AvgIpc) is 2.46. The van der Waals surface area contributed by atoms with Crippen LogP contribution in [-0.2, 0) is 0 Å². The number of aromatic nitrogens is 3. The standard InChI is InChI=1S/C14H24ClN5/c1-4-14(2,3)10-16-12-17-11(15)18-13(19-12)20-8-6-5-7-9-20/h4-10H2,1-3H3,(H,16,17,18,19). The molecular weight excluding hydrogens is 274 g/mol. The lowest BCUT2D eigenvalue weighted by Crippen LogP contribution is -2.31. The van der Waals surface area contributed by atoms with Crippen molar-refractivity contribution < 1.29 is 0 Å². The molecule has 2 heterocycles. The van der Waals surface area contributed by atoms with Crippen LogP contribution < -0.4 is 10.2 Å². The molecule has 0 unspecified atom stereocenters. The second kappa shape index (κ2) is 6.57. The summed E-state index contributed by atoms with van der Waals surface area (Å²) in [6.07, 6.45) is 4.76. The molecule has 0 bridgehead atoms. The monoisotopic (exact) mass is 297 g/mol. The van der Waals surface area contributed by atoms with Crippen molar-refractivity contribution in [2.24, 2.45) is 5.41 Å². The van der Waals surface area contributed by atoms with Crippen molar-refractivity contribution in [1.82, 2.24) is 15.0 Å². The number of rotatable bonds is 5. The van der Waals surface area contributed by atoms with Crippen LogP contribution in [-0.4, -0.2) is 34.6 Å². The molecule has 0 aliphatic carbocycles. The van der Waals surface area contributed by atoms with Crippen LogP contribution in [0.5, 0.6) is 0 Å². The summed E-state index contributed by atoms with van der Waals surface area (Å²) in [4.78, 5) is 15.1. The first-order chi connectivity index (χ1) is 9.50. The Morgan fingerprint density at radius 2 is 1.85 bits per heavy atom. The van der Waals surface area contributed by atoms with Gasteiger partial charge in [0.05, 0.1) is 0 Å². The van der Waals surface area contributed by atoms with E-state index in [9.17, 15) is 0 Å². The SMILES string of the molecule is CCC(C)(C)CNc1nc(Cl)nc(N2CCCCC2)n1.